The van der Waals surface area contributed by atoms with Gasteiger partial charge in [-0.15, -0.1) is 0 Å². The summed E-state index contributed by atoms with van der Waals surface area (Å²) in [5.74, 6) is 0. The van der Waals surface area contributed by atoms with Crippen LogP contribution in [0.3, 0.4) is 0 Å². The van der Waals surface area contributed by atoms with E-state index in [1.165, 1.54) is 5.56 Å². The summed E-state index contributed by atoms with van der Waals surface area (Å²) in [5, 5.41) is 4.42. The van der Waals surface area contributed by atoms with E-state index in [4.69, 9.17) is 11.6 Å². The lowest BCUT2D eigenvalue weighted by Crippen LogP contribution is -2.59. The zero-order valence-electron chi connectivity index (χ0n) is 12.4. The smallest absolute Gasteiger partial charge is 0.0409 e. The Kier molecular flexibility index (Phi) is 4.54. The Hall–Kier alpha value is -0.570. The number of piperazine rings is 1. The Bertz CT molecular complexity index is 425. The lowest BCUT2D eigenvalue weighted by atomic mass is 9.83. The highest BCUT2D eigenvalue weighted by molar-refractivity contribution is 6.30. The van der Waals surface area contributed by atoms with Gasteiger partial charge in [-0.2, -0.15) is 0 Å². The molecule has 1 aliphatic heterocycles. The molecule has 1 heterocycles. The van der Waals surface area contributed by atoms with Gasteiger partial charge in [0.2, 0.25) is 0 Å². The van der Waals surface area contributed by atoms with Crippen molar-refractivity contribution in [1.82, 2.24) is 10.2 Å². The average Bonchev–Trinajstić information content (AvgIpc) is 2.27. The van der Waals surface area contributed by atoms with Gasteiger partial charge < -0.3 is 5.32 Å². The summed E-state index contributed by atoms with van der Waals surface area (Å²) in [6.45, 7) is 12.3. The first-order chi connectivity index (χ1) is 8.86. The lowest BCUT2D eigenvalue weighted by Gasteiger charge is -2.46. The Morgan fingerprint density at radius 1 is 1.37 bits per heavy atom. The Morgan fingerprint density at radius 3 is 2.74 bits per heavy atom. The summed E-state index contributed by atoms with van der Waals surface area (Å²) in [7, 11) is 0. The summed E-state index contributed by atoms with van der Waals surface area (Å²) in [4.78, 5) is 2.59. The van der Waals surface area contributed by atoms with Crippen LogP contribution in [0.4, 0.5) is 0 Å². The van der Waals surface area contributed by atoms with E-state index < -0.39 is 0 Å². The van der Waals surface area contributed by atoms with E-state index in [1.54, 1.807) is 0 Å². The summed E-state index contributed by atoms with van der Waals surface area (Å²) in [6, 6.07) is 9.33. The fourth-order valence-corrected chi connectivity index (χ4v) is 3.10. The van der Waals surface area contributed by atoms with Crippen molar-refractivity contribution < 1.29 is 0 Å². The number of nitrogens with one attached hydrogen (secondary N) is 1. The van der Waals surface area contributed by atoms with Gasteiger partial charge in [-0.1, -0.05) is 44.5 Å². The SMILES string of the molecule is CC1CN(Cc2cccc(Cl)c2)C(C(C)(C)C)CN1. The van der Waals surface area contributed by atoms with Crippen molar-refractivity contribution >= 4 is 11.6 Å². The van der Waals surface area contributed by atoms with E-state index in [2.05, 4.69) is 50.0 Å². The molecule has 2 unspecified atom stereocenters. The molecule has 0 aliphatic carbocycles. The second-order valence-electron chi connectivity index (χ2n) is 6.75. The van der Waals surface area contributed by atoms with Crippen LogP contribution in [0.2, 0.25) is 5.02 Å². The van der Waals surface area contributed by atoms with E-state index in [0.717, 1.165) is 24.7 Å². The average molecular weight is 281 g/mol. The third-order valence-electron chi connectivity index (χ3n) is 3.88. The third-order valence-corrected chi connectivity index (χ3v) is 4.12. The zero-order valence-corrected chi connectivity index (χ0v) is 13.2. The van der Waals surface area contributed by atoms with Crippen LogP contribution in [0, 0.1) is 5.41 Å². The van der Waals surface area contributed by atoms with Gasteiger partial charge in [-0.05, 0) is 30.0 Å². The second-order valence-corrected chi connectivity index (χ2v) is 7.19. The Morgan fingerprint density at radius 2 is 2.11 bits per heavy atom. The molecular formula is C16H25ClN2. The first kappa shape index (κ1) is 14.8. The summed E-state index contributed by atoms with van der Waals surface area (Å²) in [6.07, 6.45) is 0. The van der Waals surface area contributed by atoms with Crippen LogP contribution < -0.4 is 5.32 Å². The molecule has 19 heavy (non-hydrogen) atoms. The molecule has 0 amide bonds. The van der Waals surface area contributed by atoms with Crippen LogP contribution in [0.5, 0.6) is 0 Å². The molecule has 0 radical (unpaired) electrons. The van der Waals surface area contributed by atoms with Crippen LogP contribution in [0.15, 0.2) is 24.3 Å². The zero-order chi connectivity index (χ0) is 14.0. The number of hydrogen-bond donors (Lipinski definition) is 1. The van der Waals surface area contributed by atoms with Crippen LogP contribution in [0.1, 0.15) is 33.3 Å². The van der Waals surface area contributed by atoms with Gasteiger partial charge in [-0.3, -0.25) is 4.90 Å². The van der Waals surface area contributed by atoms with E-state index in [0.29, 0.717) is 12.1 Å². The van der Waals surface area contributed by atoms with E-state index >= 15 is 0 Å². The molecular weight excluding hydrogens is 256 g/mol. The summed E-state index contributed by atoms with van der Waals surface area (Å²) in [5.41, 5.74) is 1.59. The predicted octanol–water partition coefficient (Wildman–Crippen LogP) is 3.55. The van der Waals surface area contributed by atoms with Crippen molar-refractivity contribution in [1.29, 1.82) is 0 Å². The molecule has 0 bridgehead atoms. The molecule has 0 aromatic heterocycles. The van der Waals surface area contributed by atoms with Crippen LogP contribution in [0.25, 0.3) is 0 Å². The summed E-state index contributed by atoms with van der Waals surface area (Å²) >= 11 is 6.09. The largest absolute Gasteiger partial charge is 0.311 e. The van der Waals surface area contributed by atoms with Gasteiger partial charge in [-0.25, -0.2) is 0 Å². The van der Waals surface area contributed by atoms with Gasteiger partial charge in [0, 0.05) is 36.7 Å². The monoisotopic (exact) mass is 280 g/mol. The molecule has 0 saturated carbocycles. The standard InChI is InChI=1S/C16H25ClN2/c1-12-10-19(15(9-18-12)16(2,3)4)11-13-6-5-7-14(17)8-13/h5-8,12,15,18H,9-11H2,1-4H3. The highest BCUT2D eigenvalue weighted by atomic mass is 35.5. The first-order valence-corrected chi connectivity index (χ1v) is 7.46. The molecule has 2 atom stereocenters. The van der Waals surface area contributed by atoms with Crippen molar-refractivity contribution in [3.05, 3.63) is 34.9 Å². The van der Waals surface area contributed by atoms with Crippen molar-refractivity contribution in [2.75, 3.05) is 13.1 Å². The molecule has 2 nitrogen and oxygen atoms in total. The first-order valence-electron chi connectivity index (χ1n) is 7.08. The third kappa shape index (κ3) is 3.95. The van der Waals surface area contributed by atoms with Gasteiger partial charge in [0.15, 0.2) is 0 Å². The molecule has 1 saturated heterocycles. The molecule has 106 valence electrons. The Balaban J connectivity index is 2.14. The lowest BCUT2D eigenvalue weighted by molar-refractivity contribution is 0.0526. The minimum Gasteiger partial charge on any atom is -0.311 e. The Labute approximate surface area is 122 Å². The van der Waals surface area contributed by atoms with Crippen LogP contribution in [-0.2, 0) is 6.54 Å². The molecule has 1 N–H and O–H groups in total. The molecule has 3 heteroatoms. The van der Waals surface area contributed by atoms with Gasteiger partial charge >= 0.3 is 0 Å². The number of nitrogens with zero attached hydrogens (tertiary/aromatic N) is 1. The molecule has 2 rings (SSSR count). The minimum absolute atomic E-state index is 0.283. The number of benzene rings is 1. The van der Waals surface area contributed by atoms with E-state index in [1.807, 2.05) is 12.1 Å². The molecule has 1 aliphatic rings. The summed E-state index contributed by atoms with van der Waals surface area (Å²) < 4.78 is 0. The molecule has 0 spiro atoms. The van der Waals surface area contributed by atoms with Crippen LogP contribution in [-0.4, -0.2) is 30.1 Å². The molecule has 1 aromatic rings. The fraction of sp³-hybridized carbons (Fsp3) is 0.625. The van der Waals surface area contributed by atoms with Crippen molar-refractivity contribution in [3.8, 4) is 0 Å². The number of rotatable bonds is 2. The van der Waals surface area contributed by atoms with E-state index in [-0.39, 0.29) is 5.41 Å². The quantitative estimate of drug-likeness (QED) is 0.891. The van der Waals surface area contributed by atoms with Crippen molar-refractivity contribution in [2.45, 2.75) is 46.3 Å². The van der Waals surface area contributed by atoms with Crippen molar-refractivity contribution in [2.24, 2.45) is 5.41 Å². The van der Waals surface area contributed by atoms with Gasteiger partial charge in [0.25, 0.3) is 0 Å². The maximum atomic E-state index is 6.09. The number of halogens is 1. The molecule has 1 aromatic carbocycles. The van der Waals surface area contributed by atoms with Gasteiger partial charge in [0.05, 0.1) is 0 Å². The fourth-order valence-electron chi connectivity index (χ4n) is 2.88. The highest BCUT2D eigenvalue weighted by Gasteiger charge is 2.34. The topological polar surface area (TPSA) is 15.3 Å². The normalized spacial score (nSPS) is 25.5. The number of hydrogen-bond acceptors (Lipinski definition) is 2. The second kappa shape index (κ2) is 5.82. The highest BCUT2D eigenvalue weighted by Crippen LogP contribution is 2.28. The van der Waals surface area contributed by atoms with E-state index in [9.17, 15) is 0 Å². The predicted molar refractivity (Wildman–Crippen MR) is 82.6 cm³/mol. The van der Waals surface area contributed by atoms with Crippen molar-refractivity contribution in [3.63, 3.8) is 0 Å². The maximum Gasteiger partial charge on any atom is 0.0409 e. The minimum atomic E-state index is 0.283. The van der Waals surface area contributed by atoms with Crippen LogP contribution >= 0.6 is 11.6 Å². The van der Waals surface area contributed by atoms with Gasteiger partial charge in [0.1, 0.15) is 0 Å². The molecule has 1 fully saturated rings. The maximum absolute atomic E-state index is 6.09.